The third kappa shape index (κ3) is 14.3. The molecule has 0 saturated carbocycles. The number of unbranched alkanes of at least 4 members (excludes halogenated alkanes) is 1. The summed E-state index contributed by atoms with van der Waals surface area (Å²) in [7, 11) is 0. The second-order valence-electron chi connectivity index (χ2n) is 10.5. The van der Waals surface area contributed by atoms with Gasteiger partial charge in [-0.1, -0.05) is 59.9 Å². The highest BCUT2D eigenvalue weighted by Gasteiger charge is 2.22. The lowest BCUT2D eigenvalue weighted by Crippen LogP contribution is -2.49. The number of piperazine rings is 1. The summed E-state index contributed by atoms with van der Waals surface area (Å²) >= 11 is 0. The van der Waals surface area contributed by atoms with Crippen LogP contribution in [0.25, 0.3) is 0 Å². The molecule has 0 spiro atoms. The predicted molar refractivity (Wildman–Crippen MR) is 145 cm³/mol. The number of hydrogen-bond acceptors (Lipinski definition) is 2. The molecule has 0 aliphatic carbocycles. The number of carbonyl (C=O) groups excluding carboxylic acids is 1. The van der Waals surface area contributed by atoms with Crippen LogP contribution in [0.4, 0.5) is 0 Å². The average molecular weight is 457 g/mol. The van der Waals surface area contributed by atoms with Crippen LogP contribution in [-0.2, 0) is 4.79 Å². The molecule has 0 N–H and O–H groups in total. The van der Waals surface area contributed by atoms with Gasteiger partial charge in [0, 0.05) is 32.6 Å². The summed E-state index contributed by atoms with van der Waals surface area (Å²) in [5.74, 6) is 0.625. The van der Waals surface area contributed by atoms with E-state index in [0.29, 0.717) is 18.2 Å². The molecule has 1 aliphatic rings. The van der Waals surface area contributed by atoms with Crippen LogP contribution in [0.15, 0.2) is 46.6 Å². The van der Waals surface area contributed by atoms with Crippen molar-refractivity contribution in [2.75, 3.05) is 32.7 Å². The summed E-state index contributed by atoms with van der Waals surface area (Å²) in [5, 5.41) is 0. The predicted octanol–water partition coefficient (Wildman–Crippen LogP) is 7.71. The normalized spacial score (nSPS) is 16.5. The van der Waals surface area contributed by atoms with Crippen molar-refractivity contribution in [3.05, 3.63) is 46.6 Å². The van der Waals surface area contributed by atoms with E-state index in [1.54, 1.807) is 0 Å². The third-order valence-corrected chi connectivity index (χ3v) is 6.46. The molecular weight excluding hydrogens is 404 g/mol. The van der Waals surface area contributed by atoms with E-state index in [0.717, 1.165) is 58.3 Å². The zero-order valence-electron chi connectivity index (χ0n) is 22.9. The molecule has 0 radical (unpaired) electrons. The highest BCUT2D eigenvalue weighted by atomic mass is 16.2. The topological polar surface area (TPSA) is 23.6 Å². The van der Waals surface area contributed by atoms with Crippen LogP contribution < -0.4 is 0 Å². The summed E-state index contributed by atoms with van der Waals surface area (Å²) in [6.45, 7) is 20.3. The van der Waals surface area contributed by atoms with Gasteiger partial charge in [-0.05, 0) is 92.5 Å². The van der Waals surface area contributed by atoms with Crippen molar-refractivity contribution in [3.8, 4) is 0 Å². The molecule has 0 bridgehead atoms. The van der Waals surface area contributed by atoms with Crippen molar-refractivity contribution < 1.29 is 4.79 Å². The van der Waals surface area contributed by atoms with E-state index in [1.807, 2.05) is 0 Å². The number of carbonyl (C=O) groups is 1. The van der Waals surface area contributed by atoms with Crippen molar-refractivity contribution in [1.29, 1.82) is 0 Å². The molecule has 0 aromatic heterocycles. The minimum atomic E-state index is 0.292. The fourth-order valence-corrected chi connectivity index (χ4v) is 4.28. The highest BCUT2D eigenvalue weighted by Crippen LogP contribution is 2.21. The first-order valence-corrected chi connectivity index (χ1v) is 13.3. The average Bonchev–Trinajstić information content (AvgIpc) is 2.75. The van der Waals surface area contributed by atoms with E-state index in [2.05, 4.69) is 82.6 Å². The van der Waals surface area contributed by atoms with Crippen LogP contribution in [0.2, 0.25) is 0 Å². The van der Waals surface area contributed by atoms with Crippen LogP contribution in [0.1, 0.15) is 99.8 Å². The molecule has 1 heterocycles. The second kappa shape index (κ2) is 16.9. The second-order valence-corrected chi connectivity index (χ2v) is 10.5. The Balaban J connectivity index is 2.73. The molecule has 1 fully saturated rings. The largest absolute Gasteiger partial charge is 0.340 e. The highest BCUT2D eigenvalue weighted by molar-refractivity contribution is 5.76. The Kier molecular flexibility index (Phi) is 15.1. The van der Waals surface area contributed by atoms with Gasteiger partial charge >= 0.3 is 0 Å². The van der Waals surface area contributed by atoms with Gasteiger partial charge < -0.3 is 4.90 Å². The minimum absolute atomic E-state index is 0.292. The van der Waals surface area contributed by atoms with E-state index >= 15 is 0 Å². The van der Waals surface area contributed by atoms with Crippen molar-refractivity contribution in [2.45, 2.75) is 99.8 Å². The molecule has 3 nitrogen and oxygen atoms in total. The molecule has 1 saturated heterocycles. The quantitative estimate of drug-likeness (QED) is 0.250. The lowest BCUT2D eigenvalue weighted by molar-refractivity contribution is -0.133. The molecule has 33 heavy (non-hydrogen) atoms. The fraction of sp³-hybridized carbons (Fsp3) is 0.700. The Morgan fingerprint density at radius 3 is 1.94 bits per heavy atom. The van der Waals surface area contributed by atoms with Gasteiger partial charge in [0.05, 0.1) is 0 Å². The summed E-state index contributed by atoms with van der Waals surface area (Å²) < 4.78 is 0. The van der Waals surface area contributed by atoms with E-state index < -0.39 is 0 Å². The molecule has 0 aromatic carbocycles. The Morgan fingerprint density at radius 1 is 0.818 bits per heavy atom. The first kappa shape index (κ1) is 29.4. The van der Waals surface area contributed by atoms with E-state index in [1.165, 1.54) is 41.7 Å². The smallest absolute Gasteiger partial charge is 0.223 e. The summed E-state index contributed by atoms with van der Waals surface area (Å²) in [6, 6.07) is 0. The molecule has 1 atom stereocenters. The maximum Gasteiger partial charge on any atom is 0.223 e. The van der Waals surface area contributed by atoms with Gasteiger partial charge in [-0.2, -0.15) is 0 Å². The molecule has 1 rings (SSSR count). The summed E-state index contributed by atoms with van der Waals surface area (Å²) in [4.78, 5) is 17.8. The zero-order valence-corrected chi connectivity index (χ0v) is 22.9. The van der Waals surface area contributed by atoms with E-state index in [-0.39, 0.29) is 0 Å². The van der Waals surface area contributed by atoms with Crippen LogP contribution in [0.5, 0.6) is 0 Å². The number of allylic oxidation sites excluding steroid dienone is 8. The van der Waals surface area contributed by atoms with Crippen LogP contribution in [-0.4, -0.2) is 48.4 Å². The van der Waals surface area contributed by atoms with Crippen LogP contribution >= 0.6 is 0 Å². The molecular formula is C30H52N2O. The standard InChI is InChI=1S/C30H52N2O/c1-8-9-18-31-19-21-32(22-20-31)30(33)24-29(23-28(7)15-11-13-26(4)5)17-16-27(6)14-10-12-25(2)3/h12-13,16,23,29H,8-11,14-15,17-22,24H2,1-7H3/b27-16+,28-23+. The van der Waals surface area contributed by atoms with Crippen molar-refractivity contribution >= 4 is 5.91 Å². The van der Waals surface area contributed by atoms with Gasteiger partial charge in [0.2, 0.25) is 5.91 Å². The number of amides is 1. The summed E-state index contributed by atoms with van der Waals surface area (Å²) in [5.41, 5.74) is 5.61. The molecule has 188 valence electrons. The molecule has 1 amide bonds. The van der Waals surface area contributed by atoms with Crippen LogP contribution in [0, 0.1) is 5.92 Å². The lowest BCUT2D eigenvalue weighted by atomic mass is 9.94. The Morgan fingerprint density at radius 2 is 1.39 bits per heavy atom. The maximum absolute atomic E-state index is 13.1. The van der Waals surface area contributed by atoms with Gasteiger partial charge in [-0.3, -0.25) is 9.69 Å². The van der Waals surface area contributed by atoms with Crippen LogP contribution in [0.3, 0.4) is 0 Å². The Labute approximate surface area is 205 Å². The Hall–Kier alpha value is -1.61. The van der Waals surface area contributed by atoms with Crippen molar-refractivity contribution in [3.63, 3.8) is 0 Å². The first-order valence-electron chi connectivity index (χ1n) is 13.3. The number of hydrogen-bond donors (Lipinski definition) is 0. The van der Waals surface area contributed by atoms with Crippen molar-refractivity contribution in [2.24, 2.45) is 5.92 Å². The van der Waals surface area contributed by atoms with Gasteiger partial charge in [-0.25, -0.2) is 0 Å². The minimum Gasteiger partial charge on any atom is -0.340 e. The summed E-state index contributed by atoms with van der Waals surface area (Å²) in [6.07, 6.45) is 17.8. The van der Waals surface area contributed by atoms with E-state index in [9.17, 15) is 4.79 Å². The van der Waals surface area contributed by atoms with Gasteiger partial charge in [0.25, 0.3) is 0 Å². The zero-order chi connectivity index (χ0) is 24.6. The third-order valence-electron chi connectivity index (χ3n) is 6.46. The maximum atomic E-state index is 13.1. The van der Waals surface area contributed by atoms with E-state index in [4.69, 9.17) is 0 Å². The Bertz CT molecular complexity index is 682. The van der Waals surface area contributed by atoms with Gasteiger partial charge in [-0.15, -0.1) is 0 Å². The molecule has 1 aliphatic heterocycles. The van der Waals surface area contributed by atoms with Crippen molar-refractivity contribution in [1.82, 2.24) is 9.80 Å². The number of rotatable bonds is 14. The lowest BCUT2D eigenvalue weighted by Gasteiger charge is -2.35. The SMILES string of the molecule is CCCCN1CCN(C(=O)CC(/C=C(\C)CCC=C(C)C)C/C=C(\C)CCC=C(C)C)CC1. The first-order chi connectivity index (χ1) is 15.7. The molecule has 3 heteroatoms. The fourth-order valence-electron chi connectivity index (χ4n) is 4.28. The monoisotopic (exact) mass is 456 g/mol. The molecule has 0 aromatic rings. The van der Waals surface area contributed by atoms with Gasteiger partial charge in [0.15, 0.2) is 0 Å². The number of nitrogens with zero attached hydrogens (tertiary/aromatic N) is 2. The van der Waals surface area contributed by atoms with Gasteiger partial charge in [0.1, 0.15) is 0 Å². The molecule has 1 unspecified atom stereocenters.